The van der Waals surface area contributed by atoms with Crippen LogP contribution in [0.15, 0.2) is 53.4 Å². The van der Waals surface area contributed by atoms with Crippen LogP contribution >= 0.6 is 0 Å². The summed E-state index contributed by atoms with van der Waals surface area (Å²) in [6, 6.07) is 12.2. The van der Waals surface area contributed by atoms with Crippen molar-refractivity contribution in [3.63, 3.8) is 0 Å². The van der Waals surface area contributed by atoms with Crippen molar-refractivity contribution in [2.24, 2.45) is 0 Å². The van der Waals surface area contributed by atoms with E-state index in [2.05, 4.69) is 10.0 Å². The van der Waals surface area contributed by atoms with E-state index in [4.69, 9.17) is 9.47 Å². The summed E-state index contributed by atoms with van der Waals surface area (Å²) in [6.45, 7) is -0.411. The number of hydrogen-bond acceptors (Lipinski definition) is 6. The van der Waals surface area contributed by atoms with Crippen molar-refractivity contribution in [1.82, 2.24) is 5.32 Å². The number of amides is 1. The van der Waals surface area contributed by atoms with Crippen LogP contribution in [0.5, 0.6) is 5.75 Å². The molecule has 1 aliphatic rings. The molecule has 9 heteroatoms. The van der Waals surface area contributed by atoms with Crippen LogP contribution in [0.1, 0.15) is 48.9 Å². The van der Waals surface area contributed by atoms with E-state index < -0.39 is 22.6 Å². The van der Waals surface area contributed by atoms with Crippen LogP contribution in [0, 0.1) is 0 Å². The highest BCUT2D eigenvalue weighted by molar-refractivity contribution is 7.92. The molecule has 2 N–H and O–H groups in total. The number of esters is 1. The fraction of sp³-hybridized carbons (Fsp3) is 0.391. The van der Waals surface area contributed by atoms with Crippen molar-refractivity contribution in [2.75, 3.05) is 18.4 Å². The Morgan fingerprint density at radius 1 is 1.00 bits per heavy atom. The van der Waals surface area contributed by atoms with Gasteiger partial charge >= 0.3 is 5.97 Å². The number of carbonyl (C=O) groups is 2. The maximum atomic E-state index is 12.8. The van der Waals surface area contributed by atoms with Crippen LogP contribution in [0.3, 0.4) is 0 Å². The highest BCUT2D eigenvalue weighted by Gasteiger charge is 2.20. The predicted molar refractivity (Wildman–Crippen MR) is 120 cm³/mol. The van der Waals surface area contributed by atoms with E-state index in [1.165, 1.54) is 44.2 Å². The fourth-order valence-corrected chi connectivity index (χ4v) is 4.75. The van der Waals surface area contributed by atoms with Crippen molar-refractivity contribution in [1.29, 1.82) is 0 Å². The Bertz CT molecular complexity index is 1050. The summed E-state index contributed by atoms with van der Waals surface area (Å²) in [5.41, 5.74) is 0.313. The zero-order valence-corrected chi connectivity index (χ0v) is 18.8. The predicted octanol–water partition coefficient (Wildman–Crippen LogP) is 3.49. The Morgan fingerprint density at radius 2 is 1.72 bits per heavy atom. The number of hydrogen-bond donors (Lipinski definition) is 2. The Labute approximate surface area is 188 Å². The van der Waals surface area contributed by atoms with Gasteiger partial charge in [-0.3, -0.25) is 9.52 Å². The first-order chi connectivity index (χ1) is 15.4. The Balaban J connectivity index is 1.61. The van der Waals surface area contributed by atoms with Crippen molar-refractivity contribution in [2.45, 2.75) is 49.5 Å². The first-order valence-electron chi connectivity index (χ1n) is 10.6. The molecule has 0 spiro atoms. The third kappa shape index (κ3) is 6.46. The van der Waals surface area contributed by atoms with Crippen molar-refractivity contribution >= 4 is 27.6 Å². The van der Waals surface area contributed by atoms with E-state index in [9.17, 15) is 18.0 Å². The van der Waals surface area contributed by atoms with Gasteiger partial charge in [0, 0.05) is 6.04 Å². The molecule has 0 aromatic heterocycles. The third-order valence-electron chi connectivity index (χ3n) is 5.29. The normalized spacial score (nSPS) is 14.8. The van der Waals surface area contributed by atoms with Gasteiger partial charge in [-0.2, -0.15) is 0 Å². The summed E-state index contributed by atoms with van der Waals surface area (Å²) in [5.74, 6) is -0.756. The molecule has 2 aromatic carbocycles. The lowest BCUT2D eigenvalue weighted by atomic mass is 10.1. The van der Waals surface area contributed by atoms with Crippen LogP contribution in [0.2, 0.25) is 0 Å². The second-order valence-corrected chi connectivity index (χ2v) is 9.35. The molecule has 0 heterocycles. The zero-order valence-electron chi connectivity index (χ0n) is 18.0. The Kier molecular flexibility index (Phi) is 8.10. The molecule has 32 heavy (non-hydrogen) atoms. The summed E-state index contributed by atoms with van der Waals surface area (Å²) in [7, 11) is -2.53. The first kappa shape index (κ1) is 23.6. The average molecular weight is 461 g/mol. The number of para-hydroxylation sites is 2. The largest absolute Gasteiger partial charge is 0.495 e. The van der Waals surface area contributed by atoms with Crippen LogP contribution in [0.4, 0.5) is 5.69 Å². The molecule has 1 aliphatic carbocycles. The van der Waals surface area contributed by atoms with Gasteiger partial charge in [0.25, 0.3) is 15.9 Å². The molecule has 1 amide bonds. The molecule has 0 aliphatic heterocycles. The van der Waals surface area contributed by atoms with Gasteiger partial charge < -0.3 is 14.8 Å². The van der Waals surface area contributed by atoms with E-state index in [0.29, 0.717) is 5.75 Å². The molecule has 3 rings (SSSR count). The van der Waals surface area contributed by atoms with Crippen molar-refractivity contribution < 1.29 is 27.5 Å². The third-order valence-corrected chi connectivity index (χ3v) is 6.65. The minimum Gasteiger partial charge on any atom is -0.495 e. The Hall–Kier alpha value is -3.07. The SMILES string of the molecule is COc1ccccc1NS(=O)(=O)c1cccc(C(=O)OCC(=O)NC2CCCCCC2)c1. The molecule has 1 saturated carbocycles. The minimum absolute atomic E-state index is 0.0372. The van der Waals surface area contributed by atoms with E-state index in [1.54, 1.807) is 24.3 Å². The van der Waals surface area contributed by atoms with Crippen LogP contribution in [-0.2, 0) is 19.6 Å². The fourth-order valence-electron chi connectivity index (χ4n) is 3.63. The van der Waals surface area contributed by atoms with Gasteiger partial charge in [0.1, 0.15) is 5.75 Å². The number of ether oxygens (including phenoxy) is 2. The van der Waals surface area contributed by atoms with Crippen LogP contribution < -0.4 is 14.8 Å². The number of carbonyl (C=O) groups excluding carboxylic acids is 2. The second-order valence-electron chi connectivity index (χ2n) is 7.67. The average Bonchev–Trinajstić information content (AvgIpc) is 3.06. The molecule has 0 bridgehead atoms. The van der Waals surface area contributed by atoms with E-state index >= 15 is 0 Å². The molecule has 1 fully saturated rings. The molecular weight excluding hydrogens is 432 g/mol. The highest BCUT2D eigenvalue weighted by atomic mass is 32.2. The van der Waals surface area contributed by atoms with Crippen LogP contribution in [0.25, 0.3) is 0 Å². The molecular formula is C23H28N2O6S. The maximum absolute atomic E-state index is 12.8. The Morgan fingerprint density at radius 3 is 2.44 bits per heavy atom. The van der Waals surface area contributed by atoms with Gasteiger partial charge in [0.15, 0.2) is 6.61 Å². The lowest BCUT2D eigenvalue weighted by molar-refractivity contribution is -0.125. The van der Waals surface area contributed by atoms with Crippen molar-refractivity contribution in [3.8, 4) is 5.75 Å². The maximum Gasteiger partial charge on any atom is 0.338 e. The first-order valence-corrected chi connectivity index (χ1v) is 12.1. The summed E-state index contributed by atoms with van der Waals surface area (Å²) in [5, 5.41) is 2.91. The van der Waals surface area contributed by atoms with E-state index in [0.717, 1.165) is 25.7 Å². The summed E-state index contributed by atoms with van der Waals surface area (Å²) in [4.78, 5) is 24.4. The molecule has 2 aromatic rings. The lowest BCUT2D eigenvalue weighted by Gasteiger charge is -2.16. The molecule has 8 nitrogen and oxygen atoms in total. The van der Waals surface area contributed by atoms with Crippen molar-refractivity contribution in [3.05, 3.63) is 54.1 Å². The van der Waals surface area contributed by atoms with Crippen LogP contribution in [-0.4, -0.2) is 40.1 Å². The van der Waals surface area contributed by atoms with Gasteiger partial charge in [-0.1, -0.05) is 43.9 Å². The molecule has 172 valence electrons. The van der Waals surface area contributed by atoms with Gasteiger partial charge in [0.05, 0.1) is 23.3 Å². The molecule has 0 unspecified atom stereocenters. The highest BCUT2D eigenvalue weighted by Crippen LogP contribution is 2.26. The number of methoxy groups -OCH3 is 1. The smallest absolute Gasteiger partial charge is 0.338 e. The molecule has 0 saturated heterocycles. The molecule has 0 radical (unpaired) electrons. The monoisotopic (exact) mass is 460 g/mol. The van der Waals surface area contributed by atoms with Gasteiger partial charge in [0.2, 0.25) is 0 Å². The zero-order chi connectivity index (χ0) is 23.0. The molecule has 0 atom stereocenters. The number of nitrogens with one attached hydrogen (secondary N) is 2. The number of sulfonamides is 1. The standard InChI is InChI=1S/C23H28N2O6S/c1-30-21-14-7-6-13-20(21)25-32(28,29)19-12-8-9-17(15-19)23(27)31-16-22(26)24-18-10-4-2-3-5-11-18/h6-9,12-15,18,25H,2-5,10-11,16H2,1H3,(H,24,26). The quantitative estimate of drug-likeness (QED) is 0.461. The van der Waals surface area contributed by atoms with Gasteiger partial charge in [-0.05, 0) is 43.2 Å². The lowest BCUT2D eigenvalue weighted by Crippen LogP contribution is -2.37. The topological polar surface area (TPSA) is 111 Å². The van der Waals surface area contributed by atoms with E-state index in [1.807, 2.05) is 0 Å². The summed E-state index contributed by atoms with van der Waals surface area (Å²) in [6.07, 6.45) is 6.36. The second kappa shape index (κ2) is 11.0. The van der Waals surface area contributed by atoms with E-state index in [-0.39, 0.29) is 28.1 Å². The number of rotatable bonds is 8. The van der Waals surface area contributed by atoms with Gasteiger partial charge in [-0.15, -0.1) is 0 Å². The number of anilines is 1. The minimum atomic E-state index is -3.97. The summed E-state index contributed by atoms with van der Waals surface area (Å²) < 4.78 is 38.3. The summed E-state index contributed by atoms with van der Waals surface area (Å²) >= 11 is 0. The van der Waals surface area contributed by atoms with Gasteiger partial charge in [-0.25, -0.2) is 13.2 Å². The number of benzene rings is 2.